The van der Waals surface area contributed by atoms with Crippen LogP contribution in [0.5, 0.6) is 5.75 Å². The standard InChI is InChI=1S/C10H11N3O/c1-14-10-8(3-2-4-9(10)11)7-5-12-13-6-7/h2-6H,11H2,1H3,(H,12,13). The molecule has 0 aliphatic carbocycles. The highest BCUT2D eigenvalue weighted by Crippen LogP contribution is 2.33. The summed E-state index contributed by atoms with van der Waals surface area (Å²) in [5.41, 5.74) is 8.33. The molecule has 0 fully saturated rings. The van der Waals surface area contributed by atoms with Gasteiger partial charge in [-0.25, -0.2) is 0 Å². The summed E-state index contributed by atoms with van der Waals surface area (Å²) in [5.74, 6) is 0.689. The molecule has 1 heterocycles. The number of hydrogen-bond donors (Lipinski definition) is 2. The number of nitrogens with two attached hydrogens (primary N) is 1. The zero-order chi connectivity index (χ0) is 9.97. The molecule has 4 heteroatoms. The van der Waals surface area contributed by atoms with Crippen LogP contribution < -0.4 is 10.5 Å². The molecule has 1 aromatic heterocycles. The molecule has 0 unspecified atom stereocenters. The monoisotopic (exact) mass is 189 g/mol. The van der Waals surface area contributed by atoms with E-state index in [1.807, 2.05) is 18.2 Å². The van der Waals surface area contributed by atoms with Gasteiger partial charge in [0.05, 0.1) is 19.0 Å². The van der Waals surface area contributed by atoms with Crippen LogP contribution in [-0.2, 0) is 0 Å². The largest absolute Gasteiger partial charge is 0.494 e. The maximum Gasteiger partial charge on any atom is 0.149 e. The number of anilines is 1. The van der Waals surface area contributed by atoms with Crippen LogP contribution in [0.25, 0.3) is 11.1 Å². The Balaban J connectivity index is 2.58. The maximum atomic E-state index is 5.78. The van der Waals surface area contributed by atoms with Gasteiger partial charge in [0, 0.05) is 17.3 Å². The molecule has 0 radical (unpaired) electrons. The summed E-state index contributed by atoms with van der Waals surface area (Å²) in [5, 5.41) is 6.63. The molecule has 0 spiro atoms. The smallest absolute Gasteiger partial charge is 0.149 e. The molecule has 1 aromatic carbocycles. The molecule has 4 nitrogen and oxygen atoms in total. The van der Waals surface area contributed by atoms with Crippen LogP contribution in [0.4, 0.5) is 5.69 Å². The first-order valence-electron chi connectivity index (χ1n) is 4.24. The van der Waals surface area contributed by atoms with Gasteiger partial charge < -0.3 is 10.5 Å². The number of aromatic amines is 1. The van der Waals surface area contributed by atoms with Crippen LogP contribution in [0.3, 0.4) is 0 Å². The fourth-order valence-corrected chi connectivity index (χ4v) is 1.41. The van der Waals surface area contributed by atoms with Crippen LogP contribution in [0.15, 0.2) is 30.6 Å². The van der Waals surface area contributed by atoms with Crippen molar-refractivity contribution in [2.75, 3.05) is 12.8 Å². The van der Waals surface area contributed by atoms with Crippen LogP contribution in [0, 0.1) is 0 Å². The van der Waals surface area contributed by atoms with Gasteiger partial charge in [-0.3, -0.25) is 5.10 Å². The number of para-hydroxylation sites is 1. The van der Waals surface area contributed by atoms with Gasteiger partial charge in [-0.1, -0.05) is 12.1 Å². The molecule has 0 bridgehead atoms. The Morgan fingerprint density at radius 3 is 2.93 bits per heavy atom. The van der Waals surface area contributed by atoms with Crippen molar-refractivity contribution < 1.29 is 4.74 Å². The van der Waals surface area contributed by atoms with Gasteiger partial charge in [-0.2, -0.15) is 5.10 Å². The van der Waals surface area contributed by atoms with Crippen molar-refractivity contribution in [3.8, 4) is 16.9 Å². The Bertz CT molecular complexity index is 423. The van der Waals surface area contributed by atoms with Crippen molar-refractivity contribution >= 4 is 5.69 Å². The zero-order valence-corrected chi connectivity index (χ0v) is 7.82. The number of aromatic nitrogens is 2. The minimum atomic E-state index is 0.631. The topological polar surface area (TPSA) is 63.9 Å². The summed E-state index contributed by atoms with van der Waals surface area (Å²) >= 11 is 0. The van der Waals surface area contributed by atoms with E-state index < -0.39 is 0 Å². The Labute approximate surface area is 81.7 Å². The number of nitrogen functional groups attached to an aromatic ring is 1. The average Bonchev–Trinajstić information content (AvgIpc) is 2.70. The van der Waals surface area contributed by atoms with Crippen molar-refractivity contribution in [1.82, 2.24) is 10.2 Å². The van der Waals surface area contributed by atoms with Crippen LogP contribution in [0.2, 0.25) is 0 Å². The summed E-state index contributed by atoms with van der Waals surface area (Å²) in [6, 6.07) is 5.64. The third kappa shape index (κ3) is 1.31. The SMILES string of the molecule is COc1c(N)cccc1-c1cn[nH]c1. The van der Waals surface area contributed by atoms with Crippen molar-refractivity contribution in [1.29, 1.82) is 0 Å². The number of benzene rings is 1. The van der Waals surface area contributed by atoms with Crippen molar-refractivity contribution in [3.63, 3.8) is 0 Å². The number of ether oxygens (including phenoxy) is 1. The number of H-pyrrole nitrogens is 1. The molecule has 0 saturated heterocycles. The van der Waals surface area contributed by atoms with Gasteiger partial charge in [-0.05, 0) is 6.07 Å². The number of nitrogens with zero attached hydrogens (tertiary/aromatic N) is 1. The first-order chi connectivity index (χ1) is 6.83. The second-order valence-corrected chi connectivity index (χ2v) is 2.92. The van der Waals surface area contributed by atoms with Crippen molar-refractivity contribution in [3.05, 3.63) is 30.6 Å². The molecule has 0 atom stereocenters. The van der Waals surface area contributed by atoms with Gasteiger partial charge in [0.15, 0.2) is 0 Å². The summed E-state index contributed by atoms with van der Waals surface area (Å²) in [6.07, 6.45) is 3.54. The molecule has 0 amide bonds. The zero-order valence-electron chi connectivity index (χ0n) is 7.82. The van der Waals surface area contributed by atoms with Gasteiger partial charge in [0.25, 0.3) is 0 Å². The minimum Gasteiger partial charge on any atom is -0.494 e. The normalized spacial score (nSPS) is 10.1. The van der Waals surface area contributed by atoms with E-state index in [2.05, 4.69) is 10.2 Å². The third-order valence-corrected chi connectivity index (χ3v) is 2.06. The van der Waals surface area contributed by atoms with Crippen molar-refractivity contribution in [2.45, 2.75) is 0 Å². The highest BCUT2D eigenvalue weighted by atomic mass is 16.5. The Morgan fingerprint density at radius 1 is 1.43 bits per heavy atom. The van der Waals surface area contributed by atoms with Gasteiger partial charge >= 0.3 is 0 Å². The highest BCUT2D eigenvalue weighted by molar-refractivity contribution is 5.76. The molecule has 3 N–H and O–H groups in total. The molecule has 0 aliphatic rings. The Hall–Kier alpha value is -1.97. The maximum absolute atomic E-state index is 5.78. The fourth-order valence-electron chi connectivity index (χ4n) is 1.41. The fraction of sp³-hybridized carbons (Fsp3) is 0.100. The predicted molar refractivity (Wildman–Crippen MR) is 55.0 cm³/mol. The first-order valence-corrected chi connectivity index (χ1v) is 4.24. The lowest BCUT2D eigenvalue weighted by Gasteiger charge is -2.08. The van der Waals surface area contributed by atoms with Crippen LogP contribution >= 0.6 is 0 Å². The van der Waals surface area contributed by atoms with Crippen LogP contribution in [-0.4, -0.2) is 17.3 Å². The lowest BCUT2D eigenvalue weighted by atomic mass is 10.1. The van der Waals surface area contributed by atoms with E-state index in [1.54, 1.807) is 19.5 Å². The van der Waals surface area contributed by atoms with E-state index in [-0.39, 0.29) is 0 Å². The van der Waals surface area contributed by atoms with Gasteiger partial charge in [0.1, 0.15) is 5.75 Å². The third-order valence-electron chi connectivity index (χ3n) is 2.06. The molecule has 14 heavy (non-hydrogen) atoms. The molecule has 0 saturated carbocycles. The molecular weight excluding hydrogens is 178 g/mol. The van der Waals surface area contributed by atoms with Gasteiger partial charge in [0.2, 0.25) is 0 Å². The average molecular weight is 189 g/mol. The van der Waals surface area contributed by atoms with Crippen molar-refractivity contribution in [2.24, 2.45) is 0 Å². The number of rotatable bonds is 2. The first kappa shape index (κ1) is 8.62. The lowest BCUT2D eigenvalue weighted by molar-refractivity contribution is 0.418. The second-order valence-electron chi connectivity index (χ2n) is 2.92. The summed E-state index contributed by atoms with van der Waals surface area (Å²) in [7, 11) is 1.61. The highest BCUT2D eigenvalue weighted by Gasteiger charge is 2.08. The Morgan fingerprint density at radius 2 is 2.29 bits per heavy atom. The van der Waals surface area contributed by atoms with E-state index in [0.717, 1.165) is 11.1 Å². The lowest BCUT2D eigenvalue weighted by Crippen LogP contribution is -1.93. The molecule has 2 rings (SSSR count). The second kappa shape index (κ2) is 3.41. The number of nitrogens with one attached hydrogen (secondary N) is 1. The van der Waals surface area contributed by atoms with Crippen LogP contribution in [0.1, 0.15) is 0 Å². The molecule has 72 valence electrons. The van der Waals surface area contributed by atoms with E-state index in [0.29, 0.717) is 11.4 Å². The summed E-state index contributed by atoms with van der Waals surface area (Å²) in [4.78, 5) is 0. The predicted octanol–water partition coefficient (Wildman–Crippen LogP) is 1.67. The number of hydrogen-bond acceptors (Lipinski definition) is 3. The summed E-state index contributed by atoms with van der Waals surface area (Å²) in [6.45, 7) is 0. The quantitative estimate of drug-likeness (QED) is 0.706. The van der Waals surface area contributed by atoms with E-state index >= 15 is 0 Å². The minimum absolute atomic E-state index is 0.631. The molecular formula is C10H11N3O. The van der Waals surface area contributed by atoms with E-state index in [9.17, 15) is 0 Å². The molecule has 0 aliphatic heterocycles. The summed E-state index contributed by atoms with van der Waals surface area (Å²) < 4.78 is 5.23. The van der Waals surface area contributed by atoms with E-state index in [4.69, 9.17) is 10.5 Å². The Kier molecular flexibility index (Phi) is 2.10. The molecule has 2 aromatic rings. The number of methoxy groups -OCH3 is 1. The van der Waals surface area contributed by atoms with Gasteiger partial charge in [-0.15, -0.1) is 0 Å². The van der Waals surface area contributed by atoms with E-state index in [1.165, 1.54) is 0 Å².